The summed E-state index contributed by atoms with van der Waals surface area (Å²) < 4.78 is 5.65. The first-order valence-corrected chi connectivity index (χ1v) is 4.19. The van der Waals surface area contributed by atoms with E-state index in [1.165, 1.54) is 12.8 Å². The van der Waals surface area contributed by atoms with E-state index < -0.39 is 11.6 Å². The van der Waals surface area contributed by atoms with Gasteiger partial charge in [-0.25, -0.2) is 0 Å². The Morgan fingerprint density at radius 1 is 1.00 bits per heavy atom. The molecule has 1 heterocycles. The van der Waals surface area contributed by atoms with Gasteiger partial charge in [0.2, 0.25) is 5.79 Å². The molecule has 0 amide bonds. The van der Waals surface area contributed by atoms with Crippen molar-refractivity contribution < 1.29 is 14.5 Å². The Morgan fingerprint density at radius 2 is 1.64 bits per heavy atom. The van der Waals surface area contributed by atoms with E-state index >= 15 is 0 Å². The van der Waals surface area contributed by atoms with Crippen molar-refractivity contribution in [2.24, 2.45) is 0 Å². The molecule has 0 atom stereocenters. The van der Waals surface area contributed by atoms with Crippen LogP contribution in [0.1, 0.15) is 39.5 Å². The van der Waals surface area contributed by atoms with Crippen LogP contribution in [-0.2, 0) is 14.5 Å². The smallest absolute Gasteiger partial charge is 0.204 e. The first kappa shape index (κ1) is 7.53. The lowest BCUT2D eigenvalue weighted by Crippen LogP contribution is -2.29. The van der Waals surface area contributed by atoms with Crippen LogP contribution in [0.5, 0.6) is 0 Å². The van der Waals surface area contributed by atoms with E-state index in [2.05, 4.69) is 0 Å². The summed E-state index contributed by atoms with van der Waals surface area (Å²) in [6, 6.07) is 0. The molecule has 1 saturated heterocycles. The van der Waals surface area contributed by atoms with Crippen LogP contribution in [0.25, 0.3) is 0 Å². The largest absolute Gasteiger partial charge is 0.313 e. The van der Waals surface area contributed by atoms with Gasteiger partial charge in [0, 0.05) is 12.8 Å². The van der Waals surface area contributed by atoms with Crippen molar-refractivity contribution in [2.75, 3.05) is 0 Å². The van der Waals surface area contributed by atoms with E-state index in [0.29, 0.717) is 0 Å². The van der Waals surface area contributed by atoms with Crippen molar-refractivity contribution in [3.63, 3.8) is 0 Å². The Balaban J connectivity index is 2.07. The second-order valence-electron chi connectivity index (χ2n) is 3.79. The summed E-state index contributed by atoms with van der Waals surface area (Å²) in [7, 11) is 0. The lowest BCUT2D eigenvalue weighted by Gasteiger charge is -2.19. The first-order valence-electron chi connectivity index (χ1n) is 4.19. The number of rotatable bonds is 0. The predicted molar refractivity (Wildman–Crippen MR) is 38.5 cm³/mol. The highest BCUT2D eigenvalue weighted by Gasteiger charge is 2.49. The van der Waals surface area contributed by atoms with Crippen molar-refractivity contribution in [1.82, 2.24) is 0 Å². The van der Waals surface area contributed by atoms with Gasteiger partial charge in [-0.2, -0.15) is 9.78 Å². The second kappa shape index (κ2) is 2.19. The lowest BCUT2D eigenvalue weighted by molar-refractivity contribution is -0.343. The molecule has 1 spiro atoms. The number of ether oxygens (including phenoxy) is 1. The van der Waals surface area contributed by atoms with Crippen molar-refractivity contribution in [3.8, 4) is 0 Å². The van der Waals surface area contributed by atoms with Gasteiger partial charge in [-0.3, -0.25) is 0 Å². The topological polar surface area (TPSA) is 27.7 Å². The van der Waals surface area contributed by atoms with Crippen molar-refractivity contribution in [2.45, 2.75) is 51.1 Å². The minimum absolute atomic E-state index is 0.399. The minimum Gasteiger partial charge on any atom is -0.313 e. The second-order valence-corrected chi connectivity index (χ2v) is 3.79. The van der Waals surface area contributed by atoms with Crippen LogP contribution < -0.4 is 0 Å². The molecule has 1 saturated carbocycles. The van der Waals surface area contributed by atoms with Crippen molar-refractivity contribution in [3.05, 3.63) is 0 Å². The first-order chi connectivity index (χ1) is 5.12. The van der Waals surface area contributed by atoms with Crippen LogP contribution in [0.15, 0.2) is 0 Å². The summed E-state index contributed by atoms with van der Waals surface area (Å²) >= 11 is 0. The van der Waals surface area contributed by atoms with Gasteiger partial charge in [0.15, 0.2) is 5.79 Å². The molecule has 2 fully saturated rings. The third-order valence-corrected chi connectivity index (χ3v) is 2.19. The van der Waals surface area contributed by atoms with Gasteiger partial charge in [-0.15, -0.1) is 0 Å². The number of hydrogen-bond donors (Lipinski definition) is 0. The van der Waals surface area contributed by atoms with E-state index in [1.54, 1.807) is 0 Å². The van der Waals surface area contributed by atoms with Gasteiger partial charge < -0.3 is 4.74 Å². The summed E-state index contributed by atoms with van der Waals surface area (Å²) in [6.45, 7) is 3.75. The van der Waals surface area contributed by atoms with Crippen LogP contribution in [-0.4, -0.2) is 11.6 Å². The Morgan fingerprint density at radius 3 is 2.09 bits per heavy atom. The fraction of sp³-hybridized carbons (Fsp3) is 1.00. The van der Waals surface area contributed by atoms with E-state index in [-0.39, 0.29) is 0 Å². The fourth-order valence-electron chi connectivity index (χ4n) is 1.76. The van der Waals surface area contributed by atoms with E-state index in [1.807, 2.05) is 13.8 Å². The van der Waals surface area contributed by atoms with Gasteiger partial charge in [0.25, 0.3) is 0 Å². The van der Waals surface area contributed by atoms with Gasteiger partial charge in [-0.1, -0.05) is 0 Å². The molecule has 0 N–H and O–H groups in total. The average Bonchev–Trinajstić information content (AvgIpc) is 2.43. The highest BCUT2D eigenvalue weighted by Crippen LogP contribution is 2.43. The predicted octanol–water partition coefficient (Wildman–Crippen LogP) is 1.97. The summed E-state index contributed by atoms with van der Waals surface area (Å²) in [5, 5.41) is 0. The average molecular weight is 158 g/mol. The van der Waals surface area contributed by atoms with Crippen LogP contribution in [0, 0.1) is 0 Å². The minimum atomic E-state index is -0.551. The molecule has 0 aromatic rings. The normalized spacial score (nSPS) is 33.3. The molecule has 0 aromatic heterocycles. The number of hydrogen-bond acceptors (Lipinski definition) is 3. The Kier molecular flexibility index (Phi) is 1.50. The molecule has 0 bridgehead atoms. The van der Waals surface area contributed by atoms with Crippen molar-refractivity contribution in [1.29, 1.82) is 0 Å². The Labute approximate surface area is 66.6 Å². The zero-order chi connectivity index (χ0) is 7.95. The SMILES string of the molecule is CC1(C)OOC2(CCCC2)O1. The molecule has 1 aliphatic heterocycles. The highest BCUT2D eigenvalue weighted by molar-refractivity contribution is 4.80. The monoisotopic (exact) mass is 158 g/mol. The maximum atomic E-state index is 5.65. The van der Waals surface area contributed by atoms with E-state index in [9.17, 15) is 0 Å². The highest BCUT2D eigenvalue weighted by atomic mass is 17.3. The Hall–Kier alpha value is -0.120. The molecule has 0 unspecified atom stereocenters. The summed E-state index contributed by atoms with van der Waals surface area (Å²) in [5.41, 5.74) is 0. The quantitative estimate of drug-likeness (QED) is 0.504. The van der Waals surface area contributed by atoms with Gasteiger partial charge >= 0.3 is 0 Å². The molecular weight excluding hydrogens is 144 g/mol. The van der Waals surface area contributed by atoms with Crippen LogP contribution >= 0.6 is 0 Å². The summed E-state index contributed by atoms with van der Waals surface area (Å²) in [5.74, 6) is -0.951. The molecule has 2 rings (SSSR count). The lowest BCUT2D eigenvalue weighted by atomic mass is 10.2. The van der Waals surface area contributed by atoms with Gasteiger partial charge in [0.1, 0.15) is 0 Å². The molecule has 3 nitrogen and oxygen atoms in total. The Bertz CT molecular complexity index is 159. The molecule has 1 aliphatic carbocycles. The van der Waals surface area contributed by atoms with E-state index in [4.69, 9.17) is 14.5 Å². The molecule has 0 radical (unpaired) electrons. The third-order valence-electron chi connectivity index (χ3n) is 2.19. The zero-order valence-electron chi connectivity index (χ0n) is 7.05. The van der Waals surface area contributed by atoms with Crippen LogP contribution in [0.4, 0.5) is 0 Å². The molecular formula is C8H14O3. The van der Waals surface area contributed by atoms with Gasteiger partial charge in [0.05, 0.1) is 0 Å². The third kappa shape index (κ3) is 1.28. The summed E-state index contributed by atoms with van der Waals surface area (Å²) in [4.78, 5) is 10.3. The fourth-order valence-corrected chi connectivity index (χ4v) is 1.76. The van der Waals surface area contributed by atoms with Crippen LogP contribution in [0.2, 0.25) is 0 Å². The van der Waals surface area contributed by atoms with Crippen molar-refractivity contribution >= 4 is 0 Å². The summed E-state index contributed by atoms with van der Waals surface area (Å²) in [6.07, 6.45) is 4.30. The van der Waals surface area contributed by atoms with Gasteiger partial charge in [-0.05, 0) is 26.7 Å². The van der Waals surface area contributed by atoms with E-state index in [0.717, 1.165) is 12.8 Å². The molecule has 11 heavy (non-hydrogen) atoms. The zero-order valence-corrected chi connectivity index (χ0v) is 7.05. The molecule has 2 aliphatic rings. The standard InChI is InChI=1S/C8H14O3/c1-7(2)9-8(11-10-7)5-3-4-6-8/h3-6H2,1-2H3. The maximum absolute atomic E-state index is 5.65. The van der Waals surface area contributed by atoms with Crippen LogP contribution in [0.3, 0.4) is 0 Å². The maximum Gasteiger partial charge on any atom is 0.204 e. The molecule has 0 aromatic carbocycles. The molecule has 3 heteroatoms. The molecule has 64 valence electrons.